The van der Waals surface area contributed by atoms with Crippen LogP contribution in [0.3, 0.4) is 0 Å². The Labute approximate surface area is 172 Å². The van der Waals surface area contributed by atoms with Crippen LogP contribution < -0.4 is 19.5 Å². The molecule has 2 rings (SSSR count). The monoisotopic (exact) mass is 446 g/mol. The molecule has 0 saturated carbocycles. The summed E-state index contributed by atoms with van der Waals surface area (Å²) in [5.41, 5.74) is -1.31. The molecule has 0 radical (unpaired) electrons. The molecule has 0 unspecified atom stereocenters. The number of para-hydroxylation sites is 2. The van der Waals surface area contributed by atoms with Crippen molar-refractivity contribution in [3.8, 4) is 11.5 Å². The maximum Gasteiger partial charge on any atom is 0.417 e. The van der Waals surface area contributed by atoms with Gasteiger partial charge in [-0.15, -0.1) is 0 Å². The number of benzene rings is 2. The number of carbonyl (C=O) groups excluding carboxylic acids is 1. The molecule has 0 spiro atoms. The zero-order valence-electron chi connectivity index (χ0n) is 16.2. The van der Waals surface area contributed by atoms with E-state index >= 15 is 0 Å². The van der Waals surface area contributed by atoms with Gasteiger partial charge in [-0.25, -0.2) is 8.42 Å². The molecule has 1 atom stereocenters. The third-order valence-corrected chi connectivity index (χ3v) is 5.53. The first-order valence-corrected chi connectivity index (χ1v) is 10.3. The number of nitrogens with one attached hydrogen (secondary N) is 2. The van der Waals surface area contributed by atoms with Gasteiger partial charge < -0.3 is 14.8 Å². The number of ether oxygens (including phenoxy) is 2. The number of hydrogen-bond acceptors (Lipinski definition) is 5. The average Bonchev–Trinajstić information content (AvgIpc) is 2.70. The summed E-state index contributed by atoms with van der Waals surface area (Å²) in [5, 5.41) is 2.46. The van der Waals surface area contributed by atoms with E-state index in [1.807, 2.05) is 4.72 Å². The van der Waals surface area contributed by atoms with E-state index in [4.69, 9.17) is 9.47 Å². The van der Waals surface area contributed by atoms with E-state index in [0.717, 1.165) is 12.1 Å². The molecule has 0 bridgehead atoms. The quantitative estimate of drug-likeness (QED) is 0.578. The molecule has 30 heavy (non-hydrogen) atoms. The molecule has 0 aliphatic carbocycles. The van der Waals surface area contributed by atoms with Gasteiger partial charge in [-0.2, -0.15) is 17.9 Å². The molecule has 1 amide bonds. The smallest absolute Gasteiger partial charge is 0.417 e. The number of halogens is 3. The Kier molecular flexibility index (Phi) is 7.68. The molecular weight excluding hydrogens is 425 g/mol. The minimum atomic E-state index is -4.85. The van der Waals surface area contributed by atoms with Gasteiger partial charge >= 0.3 is 6.18 Å². The maximum absolute atomic E-state index is 13.1. The number of rotatable bonds is 9. The fraction of sp³-hybridized carbons (Fsp3) is 0.316. The Hall–Kier alpha value is -2.79. The van der Waals surface area contributed by atoms with E-state index in [-0.39, 0.29) is 13.2 Å². The van der Waals surface area contributed by atoms with Crippen molar-refractivity contribution in [1.82, 2.24) is 10.0 Å². The second kappa shape index (κ2) is 9.81. The highest BCUT2D eigenvalue weighted by molar-refractivity contribution is 7.89. The van der Waals surface area contributed by atoms with Crippen molar-refractivity contribution in [2.75, 3.05) is 20.3 Å². The fourth-order valence-corrected chi connectivity index (χ4v) is 3.94. The first-order chi connectivity index (χ1) is 14.1. The van der Waals surface area contributed by atoms with Crippen molar-refractivity contribution in [3.63, 3.8) is 0 Å². The van der Waals surface area contributed by atoms with Gasteiger partial charge in [0, 0.05) is 0 Å². The lowest BCUT2D eigenvalue weighted by molar-refractivity contribution is -0.139. The van der Waals surface area contributed by atoms with Gasteiger partial charge in [0.05, 0.1) is 30.2 Å². The zero-order chi connectivity index (χ0) is 22.4. The van der Waals surface area contributed by atoms with Crippen LogP contribution in [0.25, 0.3) is 0 Å². The minimum absolute atomic E-state index is 0.0437. The van der Waals surface area contributed by atoms with Crippen LogP contribution in [-0.4, -0.2) is 40.6 Å². The molecule has 2 aromatic rings. The lowest BCUT2D eigenvalue weighted by atomic mass is 10.2. The van der Waals surface area contributed by atoms with Crippen molar-refractivity contribution in [1.29, 1.82) is 0 Å². The summed E-state index contributed by atoms with van der Waals surface area (Å²) >= 11 is 0. The third-order valence-electron chi connectivity index (χ3n) is 3.94. The summed E-state index contributed by atoms with van der Waals surface area (Å²) in [5.74, 6) is 0.256. The predicted octanol–water partition coefficient (Wildman–Crippen LogP) is 2.58. The normalized spacial score (nSPS) is 12.8. The third kappa shape index (κ3) is 6.10. The summed E-state index contributed by atoms with van der Waals surface area (Å²) < 4.78 is 76.5. The van der Waals surface area contributed by atoms with Gasteiger partial charge in [0.2, 0.25) is 15.9 Å². The molecule has 0 aromatic heterocycles. The molecule has 0 saturated heterocycles. The lowest BCUT2D eigenvalue weighted by Crippen LogP contribution is -2.45. The SMILES string of the molecule is COc1ccccc1OCCNC(=O)[C@H](C)NS(=O)(=O)c1ccccc1C(F)(F)F. The van der Waals surface area contributed by atoms with Gasteiger partial charge in [0.15, 0.2) is 11.5 Å². The van der Waals surface area contributed by atoms with Crippen LogP contribution in [0.5, 0.6) is 11.5 Å². The van der Waals surface area contributed by atoms with Gasteiger partial charge in [0.1, 0.15) is 6.61 Å². The number of alkyl halides is 3. The van der Waals surface area contributed by atoms with Gasteiger partial charge in [-0.05, 0) is 31.2 Å². The molecule has 0 aliphatic rings. The molecule has 11 heteroatoms. The molecule has 0 aliphatic heterocycles. The Morgan fingerprint density at radius 2 is 1.67 bits per heavy atom. The summed E-state index contributed by atoms with van der Waals surface area (Å²) in [7, 11) is -3.10. The first kappa shape index (κ1) is 23.5. The average molecular weight is 446 g/mol. The summed E-state index contributed by atoms with van der Waals surface area (Å²) in [4.78, 5) is 11.2. The van der Waals surface area contributed by atoms with Crippen LogP contribution in [0, 0.1) is 0 Å². The van der Waals surface area contributed by atoms with E-state index in [9.17, 15) is 26.4 Å². The van der Waals surface area contributed by atoms with Crippen LogP contribution in [0.1, 0.15) is 12.5 Å². The Morgan fingerprint density at radius 1 is 1.07 bits per heavy atom. The maximum atomic E-state index is 13.1. The Bertz CT molecular complexity index is 980. The van der Waals surface area contributed by atoms with Gasteiger partial charge in [-0.3, -0.25) is 4.79 Å². The highest BCUT2D eigenvalue weighted by atomic mass is 32.2. The second-order valence-electron chi connectivity index (χ2n) is 6.13. The second-order valence-corrected chi connectivity index (χ2v) is 7.81. The highest BCUT2D eigenvalue weighted by Crippen LogP contribution is 2.33. The fourth-order valence-electron chi connectivity index (χ4n) is 2.51. The van der Waals surface area contributed by atoms with Crippen LogP contribution in [0.2, 0.25) is 0 Å². The predicted molar refractivity (Wildman–Crippen MR) is 103 cm³/mol. The molecule has 164 valence electrons. The summed E-state index contributed by atoms with van der Waals surface area (Å²) in [6.45, 7) is 1.34. The topological polar surface area (TPSA) is 93.7 Å². The number of sulfonamides is 1. The number of hydrogen-bond donors (Lipinski definition) is 2. The minimum Gasteiger partial charge on any atom is -0.493 e. The van der Waals surface area contributed by atoms with E-state index in [1.54, 1.807) is 24.3 Å². The van der Waals surface area contributed by atoms with Gasteiger partial charge in [0.25, 0.3) is 0 Å². The van der Waals surface area contributed by atoms with Crippen LogP contribution in [0.4, 0.5) is 13.2 Å². The van der Waals surface area contributed by atoms with Crippen LogP contribution in [-0.2, 0) is 21.0 Å². The largest absolute Gasteiger partial charge is 0.493 e. The number of amides is 1. The van der Waals surface area contributed by atoms with E-state index in [0.29, 0.717) is 17.6 Å². The van der Waals surface area contributed by atoms with Crippen molar-refractivity contribution >= 4 is 15.9 Å². The lowest BCUT2D eigenvalue weighted by Gasteiger charge is -2.17. The van der Waals surface area contributed by atoms with E-state index in [1.165, 1.54) is 20.1 Å². The van der Waals surface area contributed by atoms with E-state index in [2.05, 4.69) is 5.32 Å². The molecular formula is C19H21F3N2O5S. The first-order valence-electron chi connectivity index (χ1n) is 8.78. The molecule has 2 N–H and O–H groups in total. The zero-order valence-corrected chi connectivity index (χ0v) is 17.0. The van der Waals surface area contributed by atoms with Crippen molar-refractivity contribution in [2.45, 2.75) is 24.0 Å². The summed E-state index contributed by atoms with van der Waals surface area (Å²) in [6, 6.07) is 9.32. The molecule has 0 fully saturated rings. The summed E-state index contributed by atoms with van der Waals surface area (Å²) in [6.07, 6.45) is -4.85. The highest BCUT2D eigenvalue weighted by Gasteiger charge is 2.37. The van der Waals surface area contributed by atoms with E-state index < -0.39 is 38.6 Å². The molecule has 2 aromatic carbocycles. The number of carbonyl (C=O) groups is 1. The van der Waals surface area contributed by atoms with Crippen molar-refractivity contribution in [3.05, 3.63) is 54.1 Å². The van der Waals surface area contributed by atoms with Crippen LogP contribution in [0.15, 0.2) is 53.4 Å². The molecule has 7 nitrogen and oxygen atoms in total. The number of methoxy groups -OCH3 is 1. The van der Waals surface area contributed by atoms with Crippen molar-refractivity contribution in [2.24, 2.45) is 0 Å². The Balaban J connectivity index is 1.94. The Morgan fingerprint density at radius 3 is 2.30 bits per heavy atom. The standard InChI is InChI=1S/C19H21F3N2O5S/c1-13(18(25)23-11-12-29-16-9-5-4-8-15(16)28-2)24-30(26,27)17-10-6-3-7-14(17)19(20,21)22/h3-10,13,24H,11-12H2,1-2H3,(H,23,25)/t13-/m0/s1. The van der Waals surface area contributed by atoms with Crippen molar-refractivity contribution < 1.29 is 35.9 Å². The molecule has 0 heterocycles. The van der Waals surface area contributed by atoms with Gasteiger partial charge in [-0.1, -0.05) is 24.3 Å². The van der Waals surface area contributed by atoms with Crippen LogP contribution >= 0.6 is 0 Å².